The normalized spacial score (nSPS) is 16.2. The Hall–Kier alpha value is -3.03. The van der Waals surface area contributed by atoms with Crippen LogP contribution in [0.25, 0.3) is 5.69 Å². The van der Waals surface area contributed by atoms with Crippen molar-refractivity contribution in [1.82, 2.24) is 30.0 Å². The van der Waals surface area contributed by atoms with Crippen LogP contribution in [0.15, 0.2) is 42.7 Å². The van der Waals surface area contributed by atoms with E-state index in [4.69, 9.17) is 0 Å². The molecule has 8 nitrogen and oxygen atoms in total. The molecule has 1 fully saturated rings. The smallest absolute Gasteiger partial charge is 0.333 e. The third-order valence-corrected chi connectivity index (χ3v) is 4.69. The molecule has 0 atom stereocenters. The van der Waals surface area contributed by atoms with Crippen LogP contribution in [0, 0.1) is 0 Å². The van der Waals surface area contributed by atoms with E-state index in [1.54, 1.807) is 10.9 Å². The molecule has 0 bridgehead atoms. The lowest BCUT2D eigenvalue weighted by molar-refractivity contribution is -0.148. The van der Waals surface area contributed by atoms with E-state index in [0.29, 0.717) is 25.1 Å². The topological polar surface area (TPSA) is 98.7 Å². The van der Waals surface area contributed by atoms with Gasteiger partial charge in [0, 0.05) is 12.6 Å². The summed E-state index contributed by atoms with van der Waals surface area (Å²) in [5.41, 5.74) is 0.875. The molecule has 3 aromatic rings. The number of nitrogens with zero attached hydrogens (tertiary/aromatic N) is 6. The molecule has 0 spiro atoms. The fourth-order valence-corrected chi connectivity index (χ4v) is 3.31. The highest BCUT2D eigenvalue weighted by atomic mass is 16.4. The number of benzene rings is 1. The predicted octanol–water partition coefficient (Wildman–Crippen LogP) is 1.80. The van der Waals surface area contributed by atoms with E-state index in [1.165, 1.54) is 4.80 Å². The van der Waals surface area contributed by atoms with Crippen molar-refractivity contribution in [3.8, 4) is 5.69 Å². The second-order valence-corrected chi connectivity index (χ2v) is 6.34. The number of aromatic nitrogens is 6. The molecule has 0 radical (unpaired) electrons. The number of aliphatic carboxylic acids is 1. The van der Waals surface area contributed by atoms with Gasteiger partial charge in [0.1, 0.15) is 0 Å². The van der Waals surface area contributed by atoms with Gasteiger partial charge in [0.05, 0.1) is 11.9 Å². The fraction of sp³-hybridized carbons (Fsp3) is 0.353. The Morgan fingerprint density at radius 2 is 1.96 bits per heavy atom. The molecule has 0 saturated heterocycles. The number of hydrogen-bond acceptors (Lipinski definition) is 5. The first-order valence-electron chi connectivity index (χ1n) is 8.29. The van der Waals surface area contributed by atoms with Crippen LogP contribution in [0.3, 0.4) is 0 Å². The van der Waals surface area contributed by atoms with Crippen molar-refractivity contribution >= 4 is 5.97 Å². The van der Waals surface area contributed by atoms with Gasteiger partial charge in [-0.1, -0.05) is 31.0 Å². The van der Waals surface area contributed by atoms with E-state index in [1.807, 2.05) is 36.5 Å². The average Bonchev–Trinajstić information content (AvgIpc) is 3.37. The van der Waals surface area contributed by atoms with Crippen LogP contribution >= 0.6 is 0 Å². The minimum absolute atomic E-state index is 0.461. The summed E-state index contributed by atoms with van der Waals surface area (Å²) in [6.45, 7) is 0. The van der Waals surface area contributed by atoms with Crippen LogP contribution in [-0.4, -0.2) is 41.1 Å². The summed E-state index contributed by atoms with van der Waals surface area (Å²) < 4.78 is 1.79. The summed E-state index contributed by atoms with van der Waals surface area (Å²) in [5.74, 6) is -0.383. The monoisotopic (exact) mass is 338 g/mol. The lowest BCUT2D eigenvalue weighted by Crippen LogP contribution is -2.41. The van der Waals surface area contributed by atoms with Crippen molar-refractivity contribution in [2.45, 2.75) is 37.6 Å². The van der Waals surface area contributed by atoms with Crippen LogP contribution in [-0.2, 0) is 16.8 Å². The maximum atomic E-state index is 11.7. The second kappa shape index (κ2) is 6.12. The molecule has 1 N–H and O–H groups in total. The van der Waals surface area contributed by atoms with Gasteiger partial charge < -0.3 is 5.11 Å². The molecule has 2 aromatic heterocycles. The Morgan fingerprint density at radius 1 is 1.20 bits per heavy atom. The minimum Gasteiger partial charge on any atom is -0.479 e. The molecule has 2 heterocycles. The van der Waals surface area contributed by atoms with Crippen molar-refractivity contribution in [2.75, 3.05) is 0 Å². The molecule has 4 rings (SSSR count). The molecule has 0 amide bonds. The number of carbonyl (C=O) groups is 1. The largest absolute Gasteiger partial charge is 0.479 e. The van der Waals surface area contributed by atoms with Crippen LogP contribution in [0.2, 0.25) is 0 Å². The fourth-order valence-electron chi connectivity index (χ4n) is 3.31. The molecular weight excluding hydrogens is 320 g/mol. The highest BCUT2D eigenvalue weighted by molar-refractivity contribution is 5.76. The van der Waals surface area contributed by atoms with Crippen molar-refractivity contribution < 1.29 is 9.90 Å². The van der Waals surface area contributed by atoms with E-state index < -0.39 is 11.5 Å². The highest BCUT2D eigenvalue weighted by Gasteiger charge is 2.45. The average molecular weight is 338 g/mol. The van der Waals surface area contributed by atoms with Crippen molar-refractivity contribution in [1.29, 1.82) is 0 Å². The molecule has 1 saturated carbocycles. The van der Waals surface area contributed by atoms with E-state index in [2.05, 4.69) is 20.5 Å². The molecule has 1 aromatic carbocycles. The van der Waals surface area contributed by atoms with Gasteiger partial charge in [0.15, 0.2) is 11.4 Å². The first-order valence-corrected chi connectivity index (χ1v) is 8.29. The van der Waals surface area contributed by atoms with Crippen LogP contribution in [0.5, 0.6) is 0 Å². The van der Waals surface area contributed by atoms with Gasteiger partial charge in [-0.25, -0.2) is 9.48 Å². The number of para-hydroxylation sites is 1. The quantitative estimate of drug-likeness (QED) is 0.762. The zero-order chi connectivity index (χ0) is 17.3. The first kappa shape index (κ1) is 15.5. The number of rotatable bonds is 5. The van der Waals surface area contributed by atoms with Crippen LogP contribution in [0.1, 0.15) is 37.1 Å². The van der Waals surface area contributed by atoms with Gasteiger partial charge >= 0.3 is 5.97 Å². The predicted molar refractivity (Wildman–Crippen MR) is 88.3 cm³/mol. The molecule has 128 valence electrons. The molecule has 0 aliphatic heterocycles. The summed E-state index contributed by atoms with van der Waals surface area (Å²) in [6, 6.07) is 9.81. The van der Waals surface area contributed by atoms with Crippen molar-refractivity contribution in [2.24, 2.45) is 0 Å². The number of hydrogen-bond donors (Lipinski definition) is 1. The summed E-state index contributed by atoms with van der Waals surface area (Å²) in [6.07, 6.45) is 6.96. The summed E-state index contributed by atoms with van der Waals surface area (Å²) >= 11 is 0. The zero-order valence-corrected chi connectivity index (χ0v) is 13.6. The van der Waals surface area contributed by atoms with E-state index in [0.717, 1.165) is 24.1 Å². The van der Waals surface area contributed by atoms with Crippen molar-refractivity contribution in [3.63, 3.8) is 0 Å². The third-order valence-electron chi connectivity index (χ3n) is 4.69. The standard InChI is InChI=1S/C17H18N6O2/c24-16(25)17(8-4-5-9-17)23-20-15(19-21-23)10-13-11-18-22(12-13)14-6-2-1-3-7-14/h1-3,6-7,11-12H,4-5,8-10H2,(H,24,25). The van der Waals surface area contributed by atoms with E-state index >= 15 is 0 Å². The van der Waals surface area contributed by atoms with Gasteiger partial charge in [-0.3, -0.25) is 0 Å². The van der Waals surface area contributed by atoms with Gasteiger partial charge in [-0.2, -0.15) is 5.10 Å². The number of carboxylic acid groups (broad SMARTS) is 1. The SMILES string of the molecule is O=C(O)C1(n2nnc(Cc3cnn(-c4ccccc4)c3)n2)CCCC1. The maximum absolute atomic E-state index is 11.7. The second-order valence-electron chi connectivity index (χ2n) is 6.34. The summed E-state index contributed by atoms with van der Waals surface area (Å²) in [4.78, 5) is 13.0. The summed E-state index contributed by atoms with van der Waals surface area (Å²) in [5, 5.41) is 26.4. The van der Waals surface area contributed by atoms with Crippen LogP contribution < -0.4 is 0 Å². The van der Waals surface area contributed by atoms with Crippen LogP contribution in [0.4, 0.5) is 0 Å². The Labute approximate surface area is 144 Å². The third kappa shape index (κ3) is 2.79. The Balaban J connectivity index is 1.54. The molecular formula is C17H18N6O2. The molecule has 1 aliphatic rings. The lowest BCUT2D eigenvalue weighted by atomic mass is 9.99. The molecule has 1 aliphatic carbocycles. The Kier molecular flexibility index (Phi) is 3.79. The van der Waals surface area contributed by atoms with E-state index in [-0.39, 0.29) is 0 Å². The lowest BCUT2D eigenvalue weighted by Gasteiger charge is -2.21. The Bertz CT molecular complexity index is 879. The molecule has 25 heavy (non-hydrogen) atoms. The molecule has 8 heteroatoms. The van der Waals surface area contributed by atoms with Crippen molar-refractivity contribution in [3.05, 3.63) is 54.1 Å². The van der Waals surface area contributed by atoms with Gasteiger partial charge in [0.2, 0.25) is 0 Å². The summed E-state index contributed by atoms with van der Waals surface area (Å²) in [7, 11) is 0. The number of tetrazole rings is 1. The first-order chi connectivity index (χ1) is 12.2. The number of carboxylic acids is 1. The van der Waals surface area contributed by atoms with E-state index in [9.17, 15) is 9.90 Å². The zero-order valence-electron chi connectivity index (χ0n) is 13.6. The minimum atomic E-state index is -1.04. The molecule has 0 unspecified atom stereocenters. The van der Waals surface area contributed by atoms with Gasteiger partial charge in [-0.15, -0.1) is 15.0 Å². The Morgan fingerprint density at radius 3 is 2.68 bits per heavy atom. The van der Waals surface area contributed by atoms with Gasteiger partial charge in [0.25, 0.3) is 0 Å². The highest BCUT2D eigenvalue weighted by Crippen LogP contribution is 2.35. The maximum Gasteiger partial charge on any atom is 0.333 e. The van der Waals surface area contributed by atoms with Gasteiger partial charge in [-0.05, 0) is 35.8 Å².